The second kappa shape index (κ2) is 5.65. The van der Waals surface area contributed by atoms with Crippen molar-refractivity contribution in [1.82, 2.24) is 4.98 Å². The van der Waals surface area contributed by atoms with Crippen LogP contribution in [0.15, 0.2) is 24.4 Å². The largest absolute Gasteiger partial charge is 0.478 e. The molecule has 0 aromatic carbocycles. The van der Waals surface area contributed by atoms with Crippen molar-refractivity contribution in [2.45, 2.75) is 25.7 Å². The Kier molecular flexibility index (Phi) is 3.72. The molecule has 4 nitrogen and oxygen atoms in total. The highest BCUT2D eigenvalue weighted by atomic mass is 16.4. The van der Waals surface area contributed by atoms with Crippen LogP contribution in [0.5, 0.6) is 0 Å². The fraction of sp³-hybridized carbons (Fsp3) is 0.500. The molecule has 1 heterocycles. The maximum atomic E-state index is 10.5. The van der Waals surface area contributed by atoms with Gasteiger partial charge in [-0.25, -0.2) is 9.78 Å². The minimum Gasteiger partial charge on any atom is -0.478 e. The van der Waals surface area contributed by atoms with E-state index >= 15 is 0 Å². The molecule has 3 rings (SSSR count). The number of rotatable bonds is 7. The summed E-state index contributed by atoms with van der Waals surface area (Å²) >= 11 is 0. The van der Waals surface area contributed by atoms with Crippen molar-refractivity contribution in [3.8, 4) is 0 Å². The van der Waals surface area contributed by atoms with Crippen LogP contribution in [0.3, 0.4) is 0 Å². The number of hydrogen-bond acceptors (Lipinski definition) is 3. The Balaban J connectivity index is 1.67. The minimum atomic E-state index is -0.932. The van der Waals surface area contributed by atoms with E-state index in [1.807, 2.05) is 12.1 Å². The van der Waals surface area contributed by atoms with Crippen LogP contribution in [0.1, 0.15) is 31.2 Å². The first-order valence-corrected chi connectivity index (χ1v) is 7.33. The molecule has 2 fully saturated rings. The topological polar surface area (TPSA) is 53.4 Å². The van der Waals surface area contributed by atoms with Gasteiger partial charge < -0.3 is 10.0 Å². The van der Waals surface area contributed by atoms with Gasteiger partial charge in [-0.1, -0.05) is 0 Å². The number of carbonyl (C=O) groups is 1. The van der Waals surface area contributed by atoms with E-state index in [-0.39, 0.29) is 0 Å². The molecule has 2 saturated carbocycles. The van der Waals surface area contributed by atoms with Crippen molar-refractivity contribution < 1.29 is 9.90 Å². The number of carboxylic acids is 1. The molecule has 0 amide bonds. The lowest BCUT2D eigenvalue weighted by molar-refractivity contribution is -0.131. The minimum absolute atomic E-state index is 0.828. The van der Waals surface area contributed by atoms with Crippen LogP contribution in [0.25, 0.3) is 6.08 Å². The molecule has 1 aromatic rings. The fourth-order valence-electron chi connectivity index (χ4n) is 2.34. The van der Waals surface area contributed by atoms with Crippen LogP contribution in [0, 0.1) is 11.8 Å². The number of hydrogen-bond donors (Lipinski definition) is 1. The number of nitrogens with zero attached hydrogens (tertiary/aromatic N) is 2. The second-order valence-corrected chi connectivity index (χ2v) is 5.91. The number of aromatic nitrogens is 1. The summed E-state index contributed by atoms with van der Waals surface area (Å²) in [6.45, 7) is 2.24. The summed E-state index contributed by atoms with van der Waals surface area (Å²) in [5.74, 6) is 1.79. The molecular weight excluding hydrogens is 252 g/mol. The van der Waals surface area contributed by atoms with Crippen molar-refractivity contribution >= 4 is 17.9 Å². The quantitative estimate of drug-likeness (QED) is 0.775. The van der Waals surface area contributed by atoms with Crippen molar-refractivity contribution in [3.05, 3.63) is 30.0 Å². The normalized spacial score (nSPS) is 18.4. The molecule has 20 heavy (non-hydrogen) atoms. The molecule has 1 aromatic heterocycles. The second-order valence-electron chi connectivity index (χ2n) is 5.91. The molecule has 1 N–H and O–H groups in total. The van der Waals surface area contributed by atoms with E-state index in [0.717, 1.165) is 42.4 Å². The third-order valence-electron chi connectivity index (χ3n) is 3.86. The van der Waals surface area contributed by atoms with Crippen LogP contribution in [0.4, 0.5) is 5.82 Å². The molecule has 0 bridgehead atoms. The van der Waals surface area contributed by atoms with Gasteiger partial charge in [0.15, 0.2) is 0 Å². The average Bonchev–Trinajstić information content (AvgIpc) is 3.31. The Labute approximate surface area is 119 Å². The van der Waals surface area contributed by atoms with E-state index in [4.69, 9.17) is 5.11 Å². The van der Waals surface area contributed by atoms with Gasteiger partial charge in [0.05, 0.1) is 0 Å². The maximum Gasteiger partial charge on any atom is 0.328 e. The van der Waals surface area contributed by atoms with Crippen LogP contribution in [-0.4, -0.2) is 29.1 Å². The van der Waals surface area contributed by atoms with Gasteiger partial charge in [-0.05, 0) is 61.3 Å². The average molecular weight is 272 g/mol. The van der Waals surface area contributed by atoms with Gasteiger partial charge >= 0.3 is 5.97 Å². The summed E-state index contributed by atoms with van der Waals surface area (Å²) in [5, 5.41) is 8.61. The van der Waals surface area contributed by atoms with Crippen molar-refractivity contribution in [1.29, 1.82) is 0 Å². The molecule has 2 aliphatic rings. The smallest absolute Gasteiger partial charge is 0.328 e. The number of anilines is 1. The van der Waals surface area contributed by atoms with Gasteiger partial charge in [-0.3, -0.25) is 0 Å². The summed E-state index contributed by atoms with van der Waals surface area (Å²) in [7, 11) is 0. The van der Waals surface area contributed by atoms with Crippen LogP contribution in [0.2, 0.25) is 0 Å². The van der Waals surface area contributed by atoms with Gasteiger partial charge in [0.1, 0.15) is 5.82 Å². The first-order valence-electron chi connectivity index (χ1n) is 7.33. The summed E-state index contributed by atoms with van der Waals surface area (Å²) in [6, 6.07) is 3.95. The van der Waals surface area contributed by atoms with Crippen LogP contribution >= 0.6 is 0 Å². The Morgan fingerprint density at radius 2 is 1.90 bits per heavy atom. The predicted octanol–water partition coefficient (Wildman–Crippen LogP) is 2.81. The number of carboxylic acid groups (broad SMARTS) is 1. The molecule has 0 aliphatic heterocycles. The third-order valence-corrected chi connectivity index (χ3v) is 3.86. The lowest BCUT2D eigenvalue weighted by Crippen LogP contribution is -2.28. The Bertz CT molecular complexity index is 488. The summed E-state index contributed by atoms with van der Waals surface area (Å²) in [5.41, 5.74) is 0.828. The monoisotopic (exact) mass is 272 g/mol. The van der Waals surface area contributed by atoms with Crippen molar-refractivity contribution in [2.75, 3.05) is 18.0 Å². The van der Waals surface area contributed by atoms with E-state index in [1.165, 1.54) is 25.7 Å². The molecule has 4 heteroatoms. The van der Waals surface area contributed by atoms with E-state index < -0.39 is 5.97 Å². The zero-order valence-corrected chi connectivity index (χ0v) is 11.5. The molecule has 0 saturated heterocycles. The molecule has 2 aliphatic carbocycles. The van der Waals surface area contributed by atoms with E-state index in [0.29, 0.717) is 0 Å². The summed E-state index contributed by atoms with van der Waals surface area (Å²) < 4.78 is 0. The van der Waals surface area contributed by atoms with Crippen LogP contribution < -0.4 is 4.90 Å². The van der Waals surface area contributed by atoms with Gasteiger partial charge in [0, 0.05) is 25.4 Å². The van der Waals surface area contributed by atoms with E-state index in [2.05, 4.69) is 9.88 Å². The van der Waals surface area contributed by atoms with Crippen LogP contribution in [-0.2, 0) is 4.79 Å². The predicted molar refractivity (Wildman–Crippen MR) is 78.6 cm³/mol. The van der Waals surface area contributed by atoms with Gasteiger partial charge in [0.2, 0.25) is 0 Å². The van der Waals surface area contributed by atoms with Gasteiger partial charge in [-0.15, -0.1) is 0 Å². The summed E-state index contributed by atoms with van der Waals surface area (Å²) in [4.78, 5) is 17.4. The highest BCUT2D eigenvalue weighted by molar-refractivity contribution is 5.85. The number of pyridine rings is 1. The third kappa shape index (κ3) is 3.83. The zero-order chi connectivity index (χ0) is 13.9. The Hall–Kier alpha value is -1.84. The standard InChI is InChI=1S/C16H20N2O2/c19-16(20)8-6-12-5-7-15(17-9-12)18(10-13-1-2-13)11-14-3-4-14/h5-9,13-14H,1-4,10-11H2,(H,19,20)/b8-6+. The first-order chi connectivity index (χ1) is 9.70. The maximum absolute atomic E-state index is 10.5. The first kappa shape index (κ1) is 13.2. The zero-order valence-electron chi connectivity index (χ0n) is 11.5. The molecular formula is C16H20N2O2. The lowest BCUT2D eigenvalue weighted by Gasteiger charge is -2.23. The van der Waals surface area contributed by atoms with E-state index in [1.54, 1.807) is 12.3 Å². The highest BCUT2D eigenvalue weighted by Crippen LogP contribution is 2.35. The SMILES string of the molecule is O=C(O)/C=C/c1ccc(N(CC2CC2)CC2CC2)nc1. The molecule has 106 valence electrons. The fourth-order valence-corrected chi connectivity index (χ4v) is 2.34. The van der Waals surface area contributed by atoms with Gasteiger partial charge in [-0.2, -0.15) is 0 Å². The molecule has 0 unspecified atom stereocenters. The molecule has 0 atom stereocenters. The van der Waals surface area contributed by atoms with E-state index in [9.17, 15) is 4.79 Å². The lowest BCUT2D eigenvalue weighted by atomic mass is 10.2. The number of aliphatic carboxylic acids is 1. The van der Waals surface area contributed by atoms with Crippen molar-refractivity contribution in [2.24, 2.45) is 11.8 Å². The summed E-state index contributed by atoms with van der Waals surface area (Å²) in [6.07, 6.45) is 9.86. The Morgan fingerprint density at radius 3 is 2.35 bits per heavy atom. The van der Waals surface area contributed by atoms with Crippen molar-refractivity contribution in [3.63, 3.8) is 0 Å². The van der Waals surface area contributed by atoms with Gasteiger partial charge in [0.25, 0.3) is 0 Å². The molecule has 0 radical (unpaired) electrons. The highest BCUT2D eigenvalue weighted by Gasteiger charge is 2.29. The Morgan fingerprint density at radius 1 is 1.25 bits per heavy atom. The molecule has 0 spiro atoms.